The summed E-state index contributed by atoms with van der Waals surface area (Å²) in [7, 11) is 3.12. The molecule has 7 nitrogen and oxygen atoms in total. The highest BCUT2D eigenvalue weighted by Gasteiger charge is 2.48. The second-order valence-corrected chi connectivity index (χ2v) is 3.52. The normalized spacial score (nSPS) is 17.4. The summed E-state index contributed by atoms with van der Waals surface area (Å²) >= 11 is 0. The largest absolute Gasteiger partial charge is 0.363 e. The number of nitro groups is 1. The number of likely N-dealkylation sites (N-methyl/N-ethyl adjacent to an activating group) is 1. The molecule has 0 radical (unpaired) electrons. The lowest BCUT2D eigenvalue weighted by atomic mass is 10.0. The number of rotatable bonds is 4. The van der Waals surface area contributed by atoms with Crippen LogP contribution in [0.1, 0.15) is 12.7 Å². The quantitative estimate of drug-likeness (QED) is 0.410. The summed E-state index contributed by atoms with van der Waals surface area (Å²) in [4.78, 5) is 18.1. The first-order valence-electron chi connectivity index (χ1n) is 4.43. The lowest BCUT2D eigenvalue weighted by Crippen LogP contribution is -2.53. The fourth-order valence-electron chi connectivity index (χ4n) is 1.40. The smallest absolute Gasteiger partial charge is 0.259 e. The third kappa shape index (κ3) is 1.83. The van der Waals surface area contributed by atoms with Crippen molar-refractivity contribution < 1.29 is 10.0 Å². The third-order valence-electron chi connectivity index (χ3n) is 2.43. The average Bonchev–Trinajstić information content (AvgIpc) is 2.67. The maximum atomic E-state index is 10.7. The Kier molecular flexibility index (Phi) is 3.06. The van der Waals surface area contributed by atoms with E-state index in [0.29, 0.717) is 0 Å². The molecule has 0 aliphatic carbocycles. The van der Waals surface area contributed by atoms with Crippen LogP contribution >= 0.6 is 0 Å². The maximum absolute atomic E-state index is 10.7. The SMILES string of the molecule is CC([N+](=O)[O-])C(O)(c1ncc[nH]1)N(C)C. The fourth-order valence-corrected chi connectivity index (χ4v) is 1.40. The Morgan fingerprint density at radius 2 is 2.33 bits per heavy atom. The van der Waals surface area contributed by atoms with Crippen LogP contribution in [-0.2, 0) is 5.72 Å². The molecule has 0 fully saturated rings. The van der Waals surface area contributed by atoms with Crippen LogP contribution in [0.2, 0.25) is 0 Å². The maximum Gasteiger partial charge on any atom is 0.259 e. The predicted molar refractivity (Wildman–Crippen MR) is 52.6 cm³/mol. The highest BCUT2D eigenvalue weighted by atomic mass is 16.6. The number of nitrogens with one attached hydrogen (secondary N) is 1. The number of aromatic nitrogens is 2. The summed E-state index contributed by atoms with van der Waals surface area (Å²) in [5.41, 5.74) is -1.73. The van der Waals surface area contributed by atoms with Crippen molar-refractivity contribution in [3.8, 4) is 0 Å². The molecule has 7 heteroatoms. The zero-order valence-corrected chi connectivity index (χ0v) is 8.84. The second kappa shape index (κ2) is 3.95. The van der Waals surface area contributed by atoms with Crippen molar-refractivity contribution in [2.75, 3.05) is 14.1 Å². The van der Waals surface area contributed by atoms with Gasteiger partial charge in [-0.3, -0.25) is 15.0 Å². The third-order valence-corrected chi connectivity index (χ3v) is 2.43. The zero-order valence-electron chi connectivity index (χ0n) is 8.84. The molecule has 0 aromatic carbocycles. The molecule has 84 valence electrons. The molecule has 0 aliphatic heterocycles. The minimum absolute atomic E-state index is 0.164. The van der Waals surface area contributed by atoms with E-state index in [9.17, 15) is 15.2 Å². The fraction of sp³-hybridized carbons (Fsp3) is 0.625. The number of hydrogen-bond donors (Lipinski definition) is 2. The molecule has 0 bridgehead atoms. The van der Waals surface area contributed by atoms with E-state index < -0.39 is 16.7 Å². The Labute approximate surface area is 86.9 Å². The van der Waals surface area contributed by atoms with Gasteiger partial charge >= 0.3 is 0 Å². The molecule has 15 heavy (non-hydrogen) atoms. The molecule has 1 rings (SSSR count). The van der Waals surface area contributed by atoms with Crippen molar-refractivity contribution in [1.82, 2.24) is 14.9 Å². The van der Waals surface area contributed by atoms with Gasteiger partial charge in [0.15, 0.2) is 5.82 Å². The van der Waals surface area contributed by atoms with E-state index in [1.165, 1.54) is 24.2 Å². The zero-order chi connectivity index (χ0) is 11.6. The molecular weight excluding hydrogens is 200 g/mol. The van der Waals surface area contributed by atoms with Crippen LogP contribution in [-0.4, -0.2) is 45.0 Å². The summed E-state index contributed by atoms with van der Waals surface area (Å²) < 4.78 is 0. The summed E-state index contributed by atoms with van der Waals surface area (Å²) in [5.74, 6) is 0.164. The van der Waals surface area contributed by atoms with E-state index >= 15 is 0 Å². The van der Waals surface area contributed by atoms with Gasteiger partial charge in [-0.15, -0.1) is 0 Å². The topological polar surface area (TPSA) is 95.3 Å². The molecule has 0 aliphatic rings. The Morgan fingerprint density at radius 1 is 1.73 bits per heavy atom. The first-order valence-corrected chi connectivity index (χ1v) is 4.43. The summed E-state index contributed by atoms with van der Waals surface area (Å²) in [6.07, 6.45) is 2.95. The van der Waals surface area contributed by atoms with E-state index in [1.807, 2.05) is 0 Å². The van der Waals surface area contributed by atoms with Gasteiger partial charge in [-0.05, 0) is 14.1 Å². The van der Waals surface area contributed by atoms with E-state index in [2.05, 4.69) is 9.97 Å². The van der Waals surface area contributed by atoms with E-state index in [-0.39, 0.29) is 5.82 Å². The van der Waals surface area contributed by atoms with E-state index in [0.717, 1.165) is 0 Å². The first kappa shape index (κ1) is 11.6. The number of nitrogens with zero attached hydrogens (tertiary/aromatic N) is 3. The van der Waals surface area contributed by atoms with Crippen molar-refractivity contribution in [2.45, 2.75) is 18.7 Å². The van der Waals surface area contributed by atoms with Crippen molar-refractivity contribution in [3.63, 3.8) is 0 Å². The lowest BCUT2D eigenvalue weighted by molar-refractivity contribution is -0.553. The van der Waals surface area contributed by atoms with Crippen molar-refractivity contribution in [3.05, 3.63) is 28.3 Å². The highest BCUT2D eigenvalue weighted by Crippen LogP contribution is 2.25. The standard InChI is InChI=1S/C8H14N4O3/c1-6(12(14)15)8(13,11(2)3)7-9-4-5-10-7/h4-6,13H,1-3H3,(H,9,10). The van der Waals surface area contributed by atoms with Crippen molar-refractivity contribution in [1.29, 1.82) is 0 Å². The molecule has 2 atom stereocenters. The molecular formula is C8H14N4O3. The summed E-state index contributed by atoms with van der Waals surface area (Å²) in [6, 6.07) is -1.18. The van der Waals surface area contributed by atoms with Gasteiger partial charge in [-0.1, -0.05) is 0 Å². The van der Waals surface area contributed by atoms with E-state index in [1.54, 1.807) is 14.1 Å². The second-order valence-electron chi connectivity index (χ2n) is 3.52. The van der Waals surface area contributed by atoms with Crippen LogP contribution in [0.5, 0.6) is 0 Å². The van der Waals surface area contributed by atoms with Gasteiger partial charge in [0.05, 0.1) is 0 Å². The Hall–Kier alpha value is -1.47. The number of imidazole rings is 1. The van der Waals surface area contributed by atoms with Crippen molar-refractivity contribution >= 4 is 0 Å². The summed E-state index contributed by atoms with van der Waals surface area (Å²) in [5, 5.41) is 21.0. The van der Waals surface area contributed by atoms with Crippen LogP contribution in [0.15, 0.2) is 12.4 Å². The van der Waals surface area contributed by atoms with Gasteiger partial charge in [0.1, 0.15) is 0 Å². The molecule has 0 spiro atoms. The minimum atomic E-state index is -1.73. The average molecular weight is 214 g/mol. The monoisotopic (exact) mass is 214 g/mol. The van der Waals surface area contributed by atoms with Crippen LogP contribution in [0, 0.1) is 10.1 Å². The molecule has 0 saturated carbocycles. The van der Waals surface area contributed by atoms with Crippen LogP contribution in [0.4, 0.5) is 0 Å². The van der Waals surface area contributed by atoms with Gasteiger partial charge in [0.2, 0.25) is 5.72 Å². The number of aromatic amines is 1. The van der Waals surface area contributed by atoms with Gasteiger partial charge in [0, 0.05) is 24.2 Å². The minimum Gasteiger partial charge on any atom is -0.363 e. The molecule has 1 aromatic rings. The Balaban J connectivity index is 3.15. The van der Waals surface area contributed by atoms with Gasteiger partial charge in [-0.2, -0.15) is 0 Å². The highest BCUT2D eigenvalue weighted by molar-refractivity contribution is 5.03. The Morgan fingerprint density at radius 3 is 2.67 bits per heavy atom. The predicted octanol–water partition coefficient (Wildman–Crippen LogP) is -0.218. The number of aliphatic hydroxyl groups is 1. The van der Waals surface area contributed by atoms with Gasteiger partial charge < -0.3 is 10.1 Å². The van der Waals surface area contributed by atoms with Crippen molar-refractivity contribution in [2.24, 2.45) is 0 Å². The molecule has 1 aromatic heterocycles. The number of H-pyrrole nitrogens is 1. The molecule has 0 saturated heterocycles. The van der Waals surface area contributed by atoms with Gasteiger partial charge in [0.25, 0.3) is 6.04 Å². The van der Waals surface area contributed by atoms with Crippen LogP contribution in [0.3, 0.4) is 0 Å². The van der Waals surface area contributed by atoms with E-state index in [4.69, 9.17) is 0 Å². The molecule has 2 unspecified atom stereocenters. The Bertz CT molecular complexity index is 338. The first-order chi connectivity index (χ1) is 6.90. The molecule has 0 amide bonds. The van der Waals surface area contributed by atoms with Crippen LogP contribution < -0.4 is 0 Å². The summed E-state index contributed by atoms with van der Waals surface area (Å²) in [6.45, 7) is 1.34. The van der Waals surface area contributed by atoms with Gasteiger partial charge in [-0.25, -0.2) is 4.98 Å². The van der Waals surface area contributed by atoms with Crippen LogP contribution in [0.25, 0.3) is 0 Å². The molecule has 1 heterocycles. The lowest BCUT2D eigenvalue weighted by Gasteiger charge is -2.32. The number of hydrogen-bond acceptors (Lipinski definition) is 5. The molecule has 2 N–H and O–H groups in total.